The molecule has 1 atom stereocenters. The van der Waals surface area contributed by atoms with Gasteiger partial charge in [0.15, 0.2) is 0 Å². The Kier molecular flexibility index (Phi) is 6.26. The smallest absolute Gasteiger partial charge is 0.339 e. The van der Waals surface area contributed by atoms with Crippen molar-refractivity contribution in [2.24, 2.45) is 0 Å². The zero-order valence-electron chi connectivity index (χ0n) is 16.8. The number of amides is 1. The van der Waals surface area contributed by atoms with Crippen molar-refractivity contribution in [3.05, 3.63) is 101 Å². The second kappa shape index (κ2) is 9.43. The van der Waals surface area contributed by atoms with Crippen molar-refractivity contribution in [2.75, 3.05) is 0 Å². The summed E-state index contributed by atoms with van der Waals surface area (Å²) in [5.41, 5.74) is 1.68. The highest BCUT2D eigenvalue weighted by Gasteiger charge is 2.31. The first-order chi connectivity index (χ1) is 15.1. The van der Waals surface area contributed by atoms with Crippen molar-refractivity contribution in [1.82, 2.24) is 5.32 Å². The molecular weight excluding hydrogens is 397 g/mol. The molecule has 4 rings (SSSR count). The van der Waals surface area contributed by atoms with E-state index >= 15 is 0 Å². The third-order valence-corrected chi connectivity index (χ3v) is 4.88. The van der Waals surface area contributed by atoms with Gasteiger partial charge in [0.05, 0.1) is 5.56 Å². The largest absolute Gasteiger partial charge is 0.489 e. The molecule has 1 aliphatic carbocycles. The Bertz CT molecular complexity index is 1050. The summed E-state index contributed by atoms with van der Waals surface area (Å²) in [5, 5.41) is 2.90. The number of hydrogen-bond acceptors (Lipinski definition) is 4. The van der Waals surface area contributed by atoms with Crippen LogP contribution in [-0.2, 0) is 16.1 Å². The van der Waals surface area contributed by atoms with Gasteiger partial charge in [-0.2, -0.15) is 0 Å². The van der Waals surface area contributed by atoms with E-state index in [0.29, 0.717) is 11.3 Å². The number of ether oxygens (including phenoxy) is 2. The molecule has 0 saturated heterocycles. The lowest BCUT2D eigenvalue weighted by Crippen LogP contribution is -2.33. The Morgan fingerprint density at radius 1 is 0.968 bits per heavy atom. The van der Waals surface area contributed by atoms with E-state index in [1.807, 2.05) is 6.07 Å². The van der Waals surface area contributed by atoms with Crippen molar-refractivity contribution >= 4 is 11.9 Å². The minimum absolute atomic E-state index is 0.153. The van der Waals surface area contributed by atoms with Gasteiger partial charge in [0.1, 0.15) is 18.2 Å². The normalized spacial score (nSPS) is 13.8. The van der Waals surface area contributed by atoms with Crippen molar-refractivity contribution in [2.45, 2.75) is 31.6 Å². The van der Waals surface area contributed by atoms with Gasteiger partial charge in [0.2, 0.25) is 6.10 Å². The van der Waals surface area contributed by atoms with E-state index in [2.05, 4.69) is 5.32 Å². The van der Waals surface area contributed by atoms with Crippen LogP contribution in [0.4, 0.5) is 4.39 Å². The lowest BCUT2D eigenvalue weighted by atomic mass is 10.1. The van der Waals surface area contributed by atoms with E-state index in [0.717, 1.165) is 18.4 Å². The highest BCUT2D eigenvalue weighted by molar-refractivity contribution is 5.93. The highest BCUT2D eigenvalue weighted by atomic mass is 19.1. The minimum atomic E-state index is -1.03. The molecule has 0 bridgehead atoms. The molecule has 1 N–H and O–H groups in total. The third kappa shape index (κ3) is 5.69. The first kappa shape index (κ1) is 20.6. The molecule has 0 radical (unpaired) electrons. The zero-order valence-corrected chi connectivity index (χ0v) is 16.8. The van der Waals surface area contributed by atoms with Crippen LogP contribution in [0, 0.1) is 5.82 Å². The van der Waals surface area contributed by atoms with Gasteiger partial charge in [-0.15, -0.1) is 0 Å². The fraction of sp³-hybridized carbons (Fsp3) is 0.200. The first-order valence-corrected chi connectivity index (χ1v) is 10.1. The maximum absolute atomic E-state index is 13.0. The second-order valence-corrected chi connectivity index (χ2v) is 7.42. The molecule has 0 aromatic heterocycles. The van der Waals surface area contributed by atoms with E-state index in [9.17, 15) is 14.0 Å². The summed E-state index contributed by atoms with van der Waals surface area (Å²) < 4.78 is 24.3. The van der Waals surface area contributed by atoms with Crippen LogP contribution in [-0.4, -0.2) is 17.9 Å². The number of rotatable bonds is 8. The van der Waals surface area contributed by atoms with Crippen LogP contribution in [0.1, 0.15) is 40.4 Å². The van der Waals surface area contributed by atoms with Crippen LogP contribution in [0.15, 0.2) is 78.9 Å². The van der Waals surface area contributed by atoms with Gasteiger partial charge in [0.25, 0.3) is 5.91 Å². The molecule has 0 unspecified atom stereocenters. The summed E-state index contributed by atoms with van der Waals surface area (Å²) in [5.74, 6) is -0.789. The molecule has 6 heteroatoms. The average molecular weight is 419 g/mol. The van der Waals surface area contributed by atoms with Crippen LogP contribution in [0.25, 0.3) is 0 Å². The van der Waals surface area contributed by atoms with Gasteiger partial charge in [-0.1, -0.05) is 48.5 Å². The molecule has 3 aromatic carbocycles. The molecule has 0 aliphatic heterocycles. The topological polar surface area (TPSA) is 64.6 Å². The van der Waals surface area contributed by atoms with Crippen molar-refractivity contribution in [1.29, 1.82) is 0 Å². The number of benzene rings is 3. The predicted octanol–water partition coefficient (Wildman–Crippen LogP) is 4.58. The van der Waals surface area contributed by atoms with Crippen molar-refractivity contribution in [3.63, 3.8) is 0 Å². The van der Waals surface area contributed by atoms with Crippen LogP contribution < -0.4 is 10.1 Å². The van der Waals surface area contributed by atoms with E-state index in [4.69, 9.17) is 9.47 Å². The standard InChI is InChI=1S/C25H22FNO4/c26-20-11-9-17(10-12-20)16-30-22-8-4-7-19(15-22)25(29)31-23(18-5-2-1-3-6-18)24(28)27-21-13-14-21/h1-12,15,21,23H,13-14,16H2,(H,27,28)/t23-/m0/s1. The van der Waals surface area contributed by atoms with Gasteiger partial charge in [0, 0.05) is 11.6 Å². The van der Waals surface area contributed by atoms with Crippen LogP contribution >= 0.6 is 0 Å². The van der Waals surface area contributed by atoms with E-state index < -0.39 is 12.1 Å². The molecule has 0 spiro atoms. The first-order valence-electron chi connectivity index (χ1n) is 10.1. The molecular formula is C25H22FNO4. The Morgan fingerprint density at radius 3 is 2.42 bits per heavy atom. The lowest BCUT2D eigenvalue weighted by molar-refractivity contribution is -0.130. The number of hydrogen-bond donors (Lipinski definition) is 1. The summed E-state index contributed by atoms with van der Waals surface area (Å²) in [6.07, 6.45) is 0.849. The van der Waals surface area contributed by atoms with E-state index in [1.54, 1.807) is 60.7 Å². The molecule has 5 nitrogen and oxygen atoms in total. The van der Waals surface area contributed by atoms with Gasteiger partial charge in [-0.25, -0.2) is 9.18 Å². The van der Waals surface area contributed by atoms with E-state index in [-0.39, 0.29) is 29.9 Å². The lowest BCUT2D eigenvalue weighted by Gasteiger charge is -2.18. The number of carbonyl (C=O) groups excluding carboxylic acids is 2. The van der Waals surface area contributed by atoms with Crippen LogP contribution in [0.2, 0.25) is 0 Å². The number of esters is 1. The summed E-state index contributed by atoms with van der Waals surface area (Å²) in [6.45, 7) is 0.231. The maximum atomic E-state index is 13.0. The van der Waals surface area contributed by atoms with Crippen LogP contribution in [0.5, 0.6) is 5.75 Å². The maximum Gasteiger partial charge on any atom is 0.339 e. The summed E-state index contributed by atoms with van der Waals surface area (Å²) >= 11 is 0. The van der Waals surface area contributed by atoms with Crippen LogP contribution in [0.3, 0.4) is 0 Å². The van der Waals surface area contributed by atoms with Gasteiger partial charge >= 0.3 is 5.97 Å². The SMILES string of the molecule is O=C(O[C@H](C(=O)NC1CC1)c1ccccc1)c1cccc(OCc2ccc(F)cc2)c1. The Morgan fingerprint density at radius 2 is 1.71 bits per heavy atom. The number of halogens is 1. The quantitative estimate of drug-likeness (QED) is 0.543. The molecule has 1 aliphatic rings. The molecule has 0 heterocycles. The second-order valence-electron chi connectivity index (χ2n) is 7.42. The number of carbonyl (C=O) groups is 2. The Hall–Kier alpha value is -3.67. The fourth-order valence-corrected chi connectivity index (χ4v) is 3.04. The average Bonchev–Trinajstić information content (AvgIpc) is 3.61. The molecule has 1 fully saturated rings. The molecule has 31 heavy (non-hydrogen) atoms. The predicted molar refractivity (Wildman–Crippen MR) is 113 cm³/mol. The molecule has 3 aromatic rings. The Labute approximate surface area is 179 Å². The monoisotopic (exact) mass is 419 g/mol. The van der Waals surface area contributed by atoms with Crippen molar-refractivity contribution in [3.8, 4) is 5.75 Å². The summed E-state index contributed by atoms with van der Waals surface area (Å²) in [6, 6.07) is 21.7. The number of nitrogens with one attached hydrogen (secondary N) is 1. The van der Waals surface area contributed by atoms with Gasteiger partial charge in [-0.05, 0) is 48.7 Å². The molecule has 1 amide bonds. The van der Waals surface area contributed by atoms with Crippen molar-refractivity contribution < 1.29 is 23.5 Å². The Balaban J connectivity index is 1.45. The van der Waals surface area contributed by atoms with Gasteiger partial charge < -0.3 is 14.8 Å². The minimum Gasteiger partial charge on any atom is -0.489 e. The molecule has 1 saturated carbocycles. The highest BCUT2D eigenvalue weighted by Crippen LogP contribution is 2.25. The zero-order chi connectivity index (χ0) is 21.6. The molecule has 158 valence electrons. The van der Waals surface area contributed by atoms with E-state index in [1.165, 1.54) is 12.1 Å². The fourth-order valence-electron chi connectivity index (χ4n) is 3.04. The third-order valence-electron chi connectivity index (χ3n) is 4.88. The summed E-state index contributed by atoms with van der Waals surface area (Å²) in [4.78, 5) is 25.5. The summed E-state index contributed by atoms with van der Waals surface area (Å²) in [7, 11) is 0. The van der Waals surface area contributed by atoms with Gasteiger partial charge in [-0.3, -0.25) is 4.79 Å².